The van der Waals surface area contributed by atoms with Crippen LogP contribution in [0.1, 0.15) is 18.5 Å². The molecule has 1 aromatic rings. The maximum absolute atomic E-state index is 11.2. The number of methoxy groups -OCH3 is 1. The third kappa shape index (κ3) is 4.34. The van der Waals surface area contributed by atoms with Crippen molar-refractivity contribution in [2.75, 3.05) is 7.11 Å². The predicted molar refractivity (Wildman–Crippen MR) is 67.4 cm³/mol. The number of hydrogen-bond donors (Lipinski definition) is 3. The van der Waals surface area contributed by atoms with Crippen LogP contribution in [0.15, 0.2) is 36.0 Å². The van der Waals surface area contributed by atoms with Crippen LogP contribution in [-0.2, 0) is 14.3 Å². The number of phenolic OH excluding ortho intramolecular Hbond substituents is 1. The molecule has 1 unspecified atom stereocenters. The van der Waals surface area contributed by atoms with Gasteiger partial charge in [-0.25, -0.2) is 9.59 Å². The molecule has 0 aliphatic rings. The molecule has 1 rings (SSSR count). The maximum Gasteiger partial charge on any atom is 0.332 e. The van der Waals surface area contributed by atoms with Crippen molar-refractivity contribution in [1.82, 2.24) is 5.32 Å². The highest BCUT2D eigenvalue weighted by Crippen LogP contribution is 2.18. The lowest BCUT2D eigenvalue weighted by Crippen LogP contribution is -2.27. The number of allylic oxidation sites excluding steroid dienone is 1. The lowest BCUT2D eigenvalue weighted by atomic mass is 10.1. The summed E-state index contributed by atoms with van der Waals surface area (Å²) in [5, 5.41) is 21.0. The van der Waals surface area contributed by atoms with E-state index in [9.17, 15) is 9.59 Å². The van der Waals surface area contributed by atoms with Crippen LogP contribution in [0.2, 0.25) is 0 Å². The third-order valence-corrected chi connectivity index (χ3v) is 2.38. The highest BCUT2D eigenvalue weighted by molar-refractivity contribution is 5.83. The van der Waals surface area contributed by atoms with Gasteiger partial charge in [0.25, 0.3) is 0 Å². The summed E-state index contributed by atoms with van der Waals surface area (Å²) in [6, 6.07) is 4.76. The molecular weight excluding hydrogens is 250 g/mol. The van der Waals surface area contributed by atoms with Crippen LogP contribution < -0.4 is 5.32 Å². The van der Waals surface area contributed by atoms with E-state index in [1.807, 2.05) is 0 Å². The van der Waals surface area contributed by atoms with E-state index < -0.39 is 18.0 Å². The van der Waals surface area contributed by atoms with Gasteiger partial charge in [0.15, 0.2) is 0 Å². The molecule has 1 aromatic carbocycles. The lowest BCUT2D eigenvalue weighted by molar-refractivity contribution is -0.139. The van der Waals surface area contributed by atoms with E-state index in [2.05, 4.69) is 10.1 Å². The Kier molecular flexibility index (Phi) is 4.93. The molecule has 0 saturated heterocycles. The number of aromatic hydroxyl groups is 1. The number of rotatable bonds is 5. The van der Waals surface area contributed by atoms with Crippen molar-refractivity contribution in [3.8, 4) is 5.75 Å². The number of esters is 1. The molecule has 0 spiro atoms. The second kappa shape index (κ2) is 6.44. The normalized spacial score (nSPS) is 12.6. The molecule has 0 bridgehead atoms. The number of phenols is 1. The highest BCUT2D eigenvalue weighted by atomic mass is 16.5. The molecule has 0 amide bonds. The van der Waals surface area contributed by atoms with Crippen molar-refractivity contribution in [3.05, 3.63) is 41.6 Å². The van der Waals surface area contributed by atoms with E-state index in [4.69, 9.17) is 10.2 Å². The highest BCUT2D eigenvalue weighted by Gasteiger charge is 2.19. The number of carboxylic acids is 1. The van der Waals surface area contributed by atoms with E-state index in [1.54, 1.807) is 6.92 Å². The Labute approximate surface area is 110 Å². The van der Waals surface area contributed by atoms with Crippen LogP contribution in [0, 0.1) is 0 Å². The summed E-state index contributed by atoms with van der Waals surface area (Å²) in [5.41, 5.74) is 0.829. The van der Waals surface area contributed by atoms with Crippen molar-refractivity contribution in [3.63, 3.8) is 0 Å². The second-order valence-corrected chi connectivity index (χ2v) is 3.86. The second-order valence-electron chi connectivity index (χ2n) is 3.86. The summed E-state index contributed by atoms with van der Waals surface area (Å²) in [6.07, 6.45) is 1.16. The van der Waals surface area contributed by atoms with Gasteiger partial charge in [0.05, 0.1) is 7.11 Å². The van der Waals surface area contributed by atoms with Gasteiger partial charge >= 0.3 is 11.9 Å². The first-order valence-corrected chi connectivity index (χ1v) is 5.48. The van der Waals surface area contributed by atoms with Crippen LogP contribution in [0.5, 0.6) is 5.75 Å². The average molecular weight is 265 g/mol. The van der Waals surface area contributed by atoms with Crippen LogP contribution in [-0.4, -0.2) is 29.3 Å². The fraction of sp³-hybridized carbons (Fsp3) is 0.231. The first kappa shape index (κ1) is 14.6. The minimum atomic E-state index is -1.09. The summed E-state index contributed by atoms with van der Waals surface area (Å²) in [6.45, 7) is 1.56. The van der Waals surface area contributed by atoms with E-state index in [1.165, 1.54) is 31.4 Å². The van der Waals surface area contributed by atoms with Gasteiger partial charge in [-0.2, -0.15) is 0 Å². The largest absolute Gasteiger partial charge is 0.508 e. The first-order valence-electron chi connectivity index (χ1n) is 5.48. The molecular formula is C13H15NO5. The summed E-state index contributed by atoms with van der Waals surface area (Å²) >= 11 is 0. The number of carboxylic acid groups (broad SMARTS) is 1. The zero-order chi connectivity index (χ0) is 14.4. The fourth-order valence-electron chi connectivity index (χ4n) is 1.46. The van der Waals surface area contributed by atoms with Gasteiger partial charge in [-0.1, -0.05) is 12.1 Å². The SMILES string of the molecule is COC(=O)/C=C(/C)NC(C(=O)O)c1ccc(O)cc1. The van der Waals surface area contributed by atoms with Gasteiger partial charge in [-0.3, -0.25) is 0 Å². The van der Waals surface area contributed by atoms with Crippen molar-refractivity contribution < 1.29 is 24.5 Å². The zero-order valence-corrected chi connectivity index (χ0v) is 10.6. The molecule has 0 radical (unpaired) electrons. The summed E-state index contributed by atoms with van der Waals surface area (Å²) in [7, 11) is 1.24. The van der Waals surface area contributed by atoms with Gasteiger partial charge in [0, 0.05) is 11.8 Å². The minimum Gasteiger partial charge on any atom is -0.508 e. The van der Waals surface area contributed by atoms with E-state index >= 15 is 0 Å². The van der Waals surface area contributed by atoms with Crippen molar-refractivity contribution in [1.29, 1.82) is 0 Å². The summed E-state index contributed by atoms with van der Waals surface area (Å²) in [5.74, 6) is -1.61. The van der Waals surface area contributed by atoms with Crippen LogP contribution in [0.25, 0.3) is 0 Å². The maximum atomic E-state index is 11.2. The molecule has 3 N–H and O–H groups in total. The standard InChI is InChI=1S/C13H15NO5/c1-8(7-11(16)19-2)14-12(13(17)18)9-3-5-10(15)6-4-9/h3-7,12,14-15H,1-2H3,(H,17,18)/b8-7-. The molecule has 6 nitrogen and oxygen atoms in total. The summed E-state index contributed by atoms with van der Waals surface area (Å²) < 4.78 is 4.45. The van der Waals surface area contributed by atoms with Gasteiger partial charge in [-0.05, 0) is 24.6 Å². The smallest absolute Gasteiger partial charge is 0.332 e. The Morgan fingerprint density at radius 2 is 1.89 bits per heavy atom. The van der Waals surface area contributed by atoms with Gasteiger partial charge in [0.2, 0.25) is 0 Å². The van der Waals surface area contributed by atoms with Gasteiger partial charge < -0.3 is 20.3 Å². The number of ether oxygens (including phenoxy) is 1. The minimum absolute atomic E-state index is 0.0507. The summed E-state index contributed by atoms with van der Waals surface area (Å²) in [4.78, 5) is 22.2. The number of aliphatic carboxylic acids is 1. The molecule has 6 heteroatoms. The van der Waals surface area contributed by atoms with Crippen LogP contribution in [0.3, 0.4) is 0 Å². The zero-order valence-electron chi connectivity index (χ0n) is 10.6. The van der Waals surface area contributed by atoms with Crippen LogP contribution >= 0.6 is 0 Å². The van der Waals surface area contributed by atoms with Crippen LogP contribution in [0.4, 0.5) is 0 Å². The number of nitrogens with one attached hydrogen (secondary N) is 1. The number of hydrogen-bond acceptors (Lipinski definition) is 5. The number of carbonyl (C=O) groups is 2. The molecule has 0 heterocycles. The number of carbonyl (C=O) groups excluding carboxylic acids is 1. The quantitative estimate of drug-likeness (QED) is 0.546. The van der Waals surface area contributed by atoms with Crippen molar-refractivity contribution in [2.45, 2.75) is 13.0 Å². The van der Waals surface area contributed by atoms with E-state index in [0.717, 1.165) is 6.08 Å². The van der Waals surface area contributed by atoms with E-state index in [-0.39, 0.29) is 5.75 Å². The molecule has 0 fully saturated rings. The van der Waals surface area contributed by atoms with Gasteiger partial charge in [0.1, 0.15) is 11.8 Å². The molecule has 0 aliphatic carbocycles. The third-order valence-electron chi connectivity index (χ3n) is 2.38. The van der Waals surface area contributed by atoms with Gasteiger partial charge in [-0.15, -0.1) is 0 Å². The first-order chi connectivity index (χ1) is 8.93. The fourth-order valence-corrected chi connectivity index (χ4v) is 1.46. The monoisotopic (exact) mass is 265 g/mol. The Morgan fingerprint density at radius 3 is 2.37 bits per heavy atom. The topological polar surface area (TPSA) is 95.9 Å². The van der Waals surface area contributed by atoms with Crippen molar-refractivity contribution in [2.24, 2.45) is 0 Å². The molecule has 102 valence electrons. The Bertz CT molecular complexity index is 492. The molecule has 1 atom stereocenters. The van der Waals surface area contributed by atoms with Crippen molar-refractivity contribution >= 4 is 11.9 Å². The lowest BCUT2D eigenvalue weighted by Gasteiger charge is -2.16. The molecule has 0 saturated carbocycles. The molecule has 19 heavy (non-hydrogen) atoms. The number of benzene rings is 1. The Balaban J connectivity index is 2.91. The van der Waals surface area contributed by atoms with E-state index in [0.29, 0.717) is 11.3 Å². The predicted octanol–water partition coefficient (Wildman–Crippen LogP) is 1.18. The Morgan fingerprint density at radius 1 is 1.32 bits per heavy atom. The average Bonchev–Trinajstić information content (AvgIpc) is 2.36. The molecule has 0 aromatic heterocycles. The Hall–Kier alpha value is -2.50. The molecule has 0 aliphatic heterocycles.